The second-order valence-electron chi connectivity index (χ2n) is 16.1. The Kier molecular flexibility index (Phi) is 13.1. The SMILES string of the molecule is CCC[C@](C)(O[C@@H]1C[C@H](O)[C@@H](C)[C@@H]([C@@H](C)[C@@H](OC)[C@H](C)C(=O)O)O1)[C@H]1CC[C@@](CC)([C@@H]2OC([C@H]3O[C@@](O)(CO)[C@H](C)C[C@@H]3C)C[C@@H]2C)O1. The highest BCUT2D eigenvalue weighted by atomic mass is 16.7. The fourth-order valence-corrected chi connectivity index (χ4v) is 9.54. The summed E-state index contributed by atoms with van der Waals surface area (Å²) >= 11 is 0. The van der Waals surface area contributed by atoms with E-state index in [1.54, 1.807) is 6.92 Å². The quantitative estimate of drug-likeness (QED) is 0.197. The number of carboxylic acids is 1. The molecule has 4 saturated heterocycles. The van der Waals surface area contributed by atoms with Crippen LogP contribution in [0.5, 0.6) is 0 Å². The minimum absolute atomic E-state index is 0.165. The van der Waals surface area contributed by atoms with E-state index in [9.17, 15) is 25.2 Å². The standard InChI is InChI=1S/C37H66O11/c1-11-14-35(9,47-29-18-26(39)23(6)32(45-29)24(7)31(43-10)25(8)34(40)41)28-13-15-36(12-2,46-28)33-21(4)17-27(44-33)30-20(3)16-22(5)37(42,19-38)48-30/h20-33,38-39,42H,11-19H2,1-10H3,(H,40,41)/t20-,21-,22+,23+,24-,25-,26-,27?,28+,29+,30-,31+,32-,33+,35-,36-,37-/m0/s1. The smallest absolute Gasteiger partial charge is 0.308 e. The van der Waals surface area contributed by atoms with Crippen LogP contribution in [-0.4, -0.2) is 106 Å². The van der Waals surface area contributed by atoms with Crippen LogP contribution in [0.3, 0.4) is 0 Å². The van der Waals surface area contributed by atoms with E-state index in [1.807, 2.05) is 20.8 Å². The molecule has 0 radical (unpaired) electrons. The zero-order valence-electron chi connectivity index (χ0n) is 31.1. The summed E-state index contributed by atoms with van der Waals surface area (Å²) in [7, 11) is 1.52. The number of carbonyl (C=O) groups is 1. The number of carboxylic acid groups (broad SMARTS) is 1. The summed E-state index contributed by atoms with van der Waals surface area (Å²) in [6.45, 7) is 17.6. The Labute approximate surface area is 288 Å². The van der Waals surface area contributed by atoms with Gasteiger partial charge < -0.3 is 48.8 Å². The van der Waals surface area contributed by atoms with Crippen LogP contribution in [-0.2, 0) is 33.2 Å². The van der Waals surface area contributed by atoms with E-state index in [4.69, 9.17) is 28.4 Å². The highest BCUT2D eigenvalue weighted by molar-refractivity contribution is 5.70. The van der Waals surface area contributed by atoms with Crippen LogP contribution in [0.1, 0.15) is 114 Å². The van der Waals surface area contributed by atoms with E-state index in [2.05, 4.69) is 34.6 Å². The van der Waals surface area contributed by atoms with E-state index in [-0.39, 0.29) is 54.0 Å². The maximum atomic E-state index is 11.8. The second-order valence-corrected chi connectivity index (χ2v) is 16.1. The van der Waals surface area contributed by atoms with Crippen molar-refractivity contribution in [2.45, 2.75) is 180 Å². The first-order valence-electron chi connectivity index (χ1n) is 18.6. The molecule has 0 aromatic carbocycles. The number of hydrogen-bond acceptors (Lipinski definition) is 10. The van der Waals surface area contributed by atoms with Crippen molar-refractivity contribution in [3.63, 3.8) is 0 Å². The lowest BCUT2D eigenvalue weighted by molar-refractivity contribution is -0.323. The molecule has 1 unspecified atom stereocenters. The van der Waals surface area contributed by atoms with Gasteiger partial charge in [0, 0.05) is 31.3 Å². The average molecular weight is 687 g/mol. The summed E-state index contributed by atoms with van der Waals surface area (Å²) in [5.74, 6) is -3.58. The monoisotopic (exact) mass is 686 g/mol. The summed E-state index contributed by atoms with van der Waals surface area (Å²) in [5.41, 5.74) is -1.22. The Morgan fingerprint density at radius 1 is 1.04 bits per heavy atom. The van der Waals surface area contributed by atoms with Gasteiger partial charge in [-0.05, 0) is 64.2 Å². The van der Waals surface area contributed by atoms with Gasteiger partial charge in [-0.1, -0.05) is 54.9 Å². The average Bonchev–Trinajstić information content (AvgIpc) is 3.66. The van der Waals surface area contributed by atoms with Gasteiger partial charge >= 0.3 is 5.97 Å². The molecule has 0 saturated carbocycles. The first-order chi connectivity index (χ1) is 22.5. The lowest BCUT2D eigenvalue weighted by atomic mass is 9.80. The molecule has 0 aromatic rings. The van der Waals surface area contributed by atoms with Crippen LogP contribution in [0.15, 0.2) is 0 Å². The molecule has 4 heterocycles. The topological polar surface area (TPSA) is 153 Å². The minimum atomic E-state index is -1.57. The first-order valence-corrected chi connectivity index (χ1v) is 18.6. The number of aliphatic hydroxyl groups is 3. The zero-order valence-corrected chi connectivity index (χ0v) is 31.1. The largest absolute Gasteiger partial charge is 0.481 e. The van der Waals surface area contributed by atoms with Gasteiger partial charge in [0.1, 0.15) is 0 Å². The van der Waals surface area contributed by atoms with Crippen molar-refractivity contribution < 1.29 is 53.6 Å². The molecular weight excluding hydrogens is 620 g/mol. The van der Waals surface area contributed by atoms with E-state index >= 15 is 0 Å². The van der Waals surface area contributed by atoms with Crippen molar-refractivity contribution >= 4 is 5.97 Å². The van der Waals surface area contributed by atoms with Gasteiger partial charge in [-0.25, -0.2) is 0 Å². The van der Waals surface area contributed by atoms with Crippen LogP contribution in [0, 0.1) is 35.5 Å². The highest BCUT2D eigenvalue weighted by Gasteiger charge is 2.58. The maximum Gasteiger partial charge on any atom is 0.308 e. The fraction of sp³-hybridized carbons (Fsp3) is 0.973. The highest BCUT2D eigenvalue weighted by Crippen LogP contribution is 2.50. The predicted octanol–water partition coefficient (Wildman–Crippen LogP) is 4.91. The van der Waals surface area contributed by atoms with Crippen LogP contribution in [0.25, 0.3) is 0 Å². The second kappa shape index (κ2) is 15.8. The van der Waals surface area contributed by atoms with Gasteiger partial charge in [-0.15, -0.1) is 0 Å². The first kappa shape index (κ1) is 39.9. The van der Waals surface area contributed by atoms with Crippen molar-refractivity contribution in [2.75, 3.05) is 13.7 Å². The summed E-state index contributed by atoms with van der Waals surface area (Å²) in [6.07, 6.45) is 2.43. The molecule has 4 rings (SSSR count). The molecule has 0 spiro atoms. The lowest BCUT2D eigenvalue weighted by Crippen LogP contribution is -2.56. The molecule has 0 amide bonds. The summed E-state index contributed by atoms with van der Waals surface area (Å²) in [5, 5.41) is 41.8. The van der Waals surface area contributed by atoms with Crippen molar-refractivity contribution in [2.24, 2.45) is 35.5 Å². The summed E-state index contributed by atoms with van der Waals surface area (Å²) in [6, 6.07) is 0. The molecule has 17 atom stereocenters. The normalized spacial score (nSPS) is 45.4. The Morgan fingerprint density at radius 2 is 1.73 bits per heavy atom. The van der Waals surface area contributed by atoms with E-state index in [0.717, 1.165) is 44.9 Å². The molecule has 4 fully saturated rings. The van der Waals surface area contributed by atoms with E-state index < -0.39 is 60.1 Å². The van der Waals surface area contributed by atoms with Crippen molar-refractivity contribution in [1.29, 1.82) is 0 Å². The molecular formula is C37H66O11. The molecule has 48 heavy (non-hydrogen) atoms. The Morgan fingerprint density at radius 3 is 2.31 bits per heavy atom. The number of methoxy groups -OCH3 is 1. The Hall–Kier alpha value is -0.890. The Bertz CT molecular complexity index is 1060. The van der Waals surface area contributed by atoms with Gasteiger partial charge in [0.25, 0.3) is 0 Å². The van der Waals surface area contributed by atoms with Gasteiger partial charge in [-0.2, -0.15) is 0 Å². The number of aliphatic hydroxyl groups excluding tert-OH is 2. The molecule has 4 N–H and O–H groups in total. The minimum Gasteiger partial charge on any atom is -0.481 e. The van der Waals surface area contributed by atoms with Crippen LogP contribution >= 0.6 is 0 Å². The van der Waals surface area contributed by atoms with Gasteiger partial charge in [0.05, 0.1) is 66.5 Å². The van der Waals surface area contributed by atoms with Crippen LogP contribution < -0.4 is 0 Å². The van der Waals surface area contributed by atoms with Crippen molar-refractivity contribution in [1.82, 2.24) is 0 Å². The Balaban J connectivity index is 1.49. The van der Waals surface area contributed by atoms with E-state index in [1.165, 1.54) is 7.11 Å². The number of rotatable bonds is 14. The summed E-state index contributed by atoms with van der Waals surface area (Å²) in [4.78, 5) is 11.8. The third kappa shape index (κ3) is 7.80. The molecule has 0 bridgehead atoms. The molecule has 280 valence electrons. The van der Waals surface area contributed by atoms with Gasteiger partial charge in [0.15, 0.2) is 12.1 Å². The van der Waals surface area contributed by atoms with Crippen LogP contribution in [0.2, 0.25) is 0 Å². The third-order valence-electron chi connectivity index (χ3n) is 12.6. The van der Waals surface area contributed by atoms with E-state index in [0.29, 0.717) is 6.42 Å². The van der Waals surface area contributed by atoms with Crippen molar-refractivity contribution in [3.8, 4) is 0 Å². The van der Waals surface area contributed by atoms with Crippen LogP contribution in [0.4, 0.5) is 0 Å². The molecule has 11 nitrogen and oxygen atoms in total. The molecule has 11 heteroatoms. The predicted molar refractivity (Wildman–Crippen MR) is 179 cm³/mol. The number of hydrogen-bond donors (Lipinski definition) is 4. The molecule has 0 aliphatic carbocycles. The lowest BCUT2D eigenvalue weighted by Gasteiger charge is -2.47. The molecule has 4 aliphatic rings. The maximum absolute atomic E-state index is 11.8. The molecule has 0 aromatic heterocycles. The third-order valence-corrected chi connectivity index (χ3v) is 12.6. The number of aliphatic carboxylic acids is 1. The molecule has 4 aliphatic heterocycles. The summed E-state index contributed by atoms with van der Waals surface area (Å²) < 4.78 is 39.2. The zero-order chi connectivity index (χ0) is 35.8. The fourth-order valence-electron chi connectivity index (χ4n) is 9.54. The van der Waals surface area contributed by atoms with Crippen molar-refractivity contribution in [3.05, 3.63) is 0 Å². The van der Waals surface area contributed by atoms with Gasteiger partial charge in [-0.3, -0.25) is 4.79 Å². The number of ether oxygens (including phenoxy) is 6. The van der Waals surface area contributed by atoms with Gasteiger partial charge in [0.2, 0.25) is 0 Å².